The fourth-order valence-electron chi connectivity index (χ4n) is 2.71. The van der Waals surface area contributed by atoms with Crippen LogP contribution in [0.5, 0.6) is 5.75 Å². The van der Waals surface area contributed by atoms with Crippen LogP contribution in [0, 0.1) is 0 Å². The highest BCUT2D eigenvalue weighted by atomic mass is 79.9. The third kappa shape index (κ3) is 4.80. The number of rotatable bonds is 7. The van der Waals surface area contributed by atoms with E-state index in [9.17, 15) is 10.2 Å². The fraction of sp³-hybridized carbons (Fsp3) is 0.368. The molecule has 0 aromatic heterocycles. The predicted molar refractivity (Wildman–Crippen MR) is 97.4 cm³/mol. The molecule has 0 fully saturated rings. The molecule has 0 spiro atoms. The molecule has 1 aliphatic rings. The molecule has 2 rings (SSSR count). The number of aliphatic hydroxyl groups excluding tert-OH is 1. The topological polar surface area (TPSA) is 49.7 Å². The minimum Gasteiger partial charge on any atom is -0.507 e. The van der Waals surface area contributed by atoms with E-state index < -0.39 is 0 Å². The molecule has 1 heterocycles. The number of aliphatic hydroxyl groups is 1. The number of halogens is 1. The lowest BCUT2D eigenvalue weighted by Crippen LogP contribution is -2.13. The predicted octanol–water partition coefficient (Wildman–Crippen LogP) is 4.60. The van der Waals surface area contributed by atoms with E-state index in [4.69, 9.17) is 4.74 Å². The number of hydrogen-bond donors (Lipinski definition) is 2. The molecule has 2 N–H and O–H groups in total. The van der Waals surface area contributed by atoms with Gasteiger partial charge in [-0.3, -0.25) is 0 Å². The first kappa shape index (κ1) is 18.0. The zero-order valence-corrected chi connectivity index (χ0v) is 15.0. The lowest BCUT2D eigenvalue weighted by molar-refractivity contribution is 0.115. The summed E-state index contributed by atoms with van der Waals surface area (Å²) in [6.07, 6.45) is 6.68. The molecule has 0 bridgehead atoms. The Morgan fingerprint density at radius 1 is 1.48 bits per heavy atom. The average molecular weight is 379 g/mol. The van der Waals surface area contributed by atoms with Crippen LogP contribution in [0.15, 0.2) is 52.0 Å². The Hall–Kier alpha value is -1.36. The number of allylic oxidation sites excluding steroid dienone is 1. The van der Waals surface area contributed by atoms with Crippen molar-refractivity contribution < 1.29 is 14.9 Å². The minimum absolute atomic E-state index is 0.000654. The van der Waals surface area contributed by atoms with Crippen LogP contribution in [0.4, 0.5) is 0 Å². The van der Waals surface area contributed by atoms with E-state index in [1.54, 1.807) is 6.07 Å². The van der Waals surface area contributed by atoms with E-state index in [1.165, 1.54) is 5.57 Å². The molecular formula is C19H23BrO3. The van der Waals surface area contributed by atoms with Gasteiger partial charge in [0.25, 0.3) is 0 Å². The van der Waals surface area contributed by atoms with Crippen molar-refractivity contribution in [1.29, 1.82) is 0 Å². The van der Waals surface area contributed by atoms with Crippen molar-refractivity contribution in [1.82, 2.24) is 0 Å². The van der Waals surface area contributed by atoms with Gasteiger partial charge in [0.05, 0.1) is 19.3 Å². The summed E-state index contributed by atoms with van der Waals surface area (Å²) in [4.78, 5) is 0. The third-order valence-corrected chi connectivity index (χ3v) is 4.57. The summed E-state index contributed by atoms with van der Waals surface area (Å²) >= 11 is 3.43. The Kier molecular flexibility index (Phi) is 6.63. The molecule has 0 radical (unpaired) electrons. The molecule has 1 aromatic carbocycles. The Morgan fingerprint density at radius 2 is 2.26 bits per heavy atom. The Morgan fingerprint density at radius 3 is 2.96 bits per heavy atom. The quantitative estimate of drug-likeness (QED) is 0.728. The molecular weight excluding hydrogens is 356 g/mol. The summed E-state index contributed by atoms with van der Waals surface area (Å²) in [5.74, 6) is 0.283. The summed E-state index contributed by atoms with van der Waals surface area (Å²) in [7, 11) is 0. The van der Waals surface area contributed by atoms with E-state index in [1.807, 2.05) is 24.3 Å². The number of phenolic OH excluding ortho intramolecular Hbond substituents is 1. The highest BCUT2D eigenvalue weighted by Gasteiger charge is 2.21. The van der Waals surface area contributed by atoms with Gasteiger partial charge in [-0.15, -0.1) is 0 Å². The lowest BCUT2D eigenvalue weighted by atomic mass is 9.96. The molecule has 23 heavy (non-hydrogen) atoms. The van der Waals surface area contributed by atoms with Gasteiger partial charge in [-0.1, -0.05) is 47.2 Å². The third-order valence-electron chi connectivity index (χ3n) is 4.08. The van der Waals surface area contributed by atoms with Gasteiger partial charge in [-0.2, -0.15) is 0 Å². The van der Waals surface area contributed by atoms with Gasteiger partial charge in [-0.05, 0) is 48.6 Å². The van der Waals surface area contributed by atoms with Crippen LogP contribution in [0.1, 0.15) is 31.7 Å². The number of aromatic hydroxyl groups is 1. The molecule has 0 amide bonds. The van der Waals surface area contributed by atoms with E-state index in [-0.39, 0.29) is 18.5 Å². The molecule has 1 aromatic rings. The van der Waals surface area contributed by atoms with Gasteiger partial charge < -0.3 is 14.9 Å². The summed E-state index contributed by atoms with van der Waals surface area (Å²) in [6.45, 7) is 6.55. The summed E-state index contributed by atoms with van der Waals surface area (Å²) in [5, 5.41) is 19.2. The van der Waals surface area contributed by atoms with Crippen LogP contribution in [0.2, 0.25) is 0 Å². The fourth-order valence-corrected chi connectivity index (χ4v) is 3.08. The van der Waals surface area contributed by atoms with Gasteiger partial charge in [-0.25, -0.2) is 0 Å². The molecule has 0 saturated heterocycles. The molecule has 1 aliphatic heterocycles. The van der Waals surface area contributed by atoms with Gasteiger partial charge in [0.2, 0.25) is 0 Å². The molecule has 124 valence electrons. The van der Waals surface area contributed by atoms with E-state index in [2.05, 4.69) is 29.4 Å². The highest BCUT2D eigenvalue weighted by Crippen LogP contribution is 2.29. The number of benzene rings is 1. The maximum Gasteiger partial charge on any atom is 0.122 e. The van der Waals surface area contributed by atoms with Crippen LogP contribution in [-0.4, -0.2) is 29.5 Å². The zero-order chi connectivity index (χ0) is 16.8. The van der Waals surface area contributed by atoms with Crippen LogP contribution in [0.3, 0.4) is 0 Å². The first-order valence-corrected chi connectivity index (χ1v) is 8.63. The summed E-state index contributed by atoms with van der Waals surface area (Å²) in [6, 6.07) is 5.42. The Labute approximate surface area is 146 Å². The lowest BCUT2D eigenvalue weighted by Gasteiger charge is -2.16. The molecule has 0 aliphatic carbocycles. The summed E-state index contributed by atoms with van der Waals surface area (Å²) in [5.41, 5.74) is 3.83. The molecule has 1 atom stereocenters. The van der Waals surface area contributed by atoms with Crippen molar-refractivity contribution in [2.24, 2.45) is 0 Å². The van der Waals surface area contributed by atoms with Crippen molar-refractivity contribution >= 4 is 22.0 Å². The van der Waals surface area contributed by atoms with E-state index in [0.717, 1.165) is 40.4 Å². The molecule has 4 heteroatoms. The van der Waals surface area contributed by atoms with E-state index in [0.29, 0.717) is 6.61 Å². The Balaban J connectivity index is 2.05. The minimum atomic E-state index is -0.0336. The van der Waals surface area contributed by atoms with Gasteiger partial charge >= 0.3 is 0 Å². The average Bonchev–Trinajstić information content (AvgIpc) is 3.02. The molecule has 3 nitrogen and oxygen atoms in total. The normalized spacial score (nSPS) is 18.1. The second-order valence-electron chi connectivity index (χ2n) is 5.64. The van der Waals surface area contributed by atoms with Gasteiger partial charge in [0.1, 0.15) is 5.75 Å². The zero-order valence-electron chi connectivity index (χ0n) is 13.4. The van der Waals surface area contributed by atoms with Crippen molar-refractivity contribution in [3.05, 3.63) is 57.6 Å². The first-order valence-electron chi connectivity index (χ1n) is 7.83. The van der Waals surface area contributed by atoms with Crippen molar-refractivity contribution in [2.75, 3.05) is 13.2 Å². The number of hydrogen-bond acceptors (Lipinski definition) is 3. The van der Waals surface area contributed by atoms with Crippen molar-refractivity contribution in [3.63, 3.8) is 0 Å². The SMILES string of the molecule is C=C(CO)C1=CCOC1CC/C(=C/c1cc(Br)ccc1O)CC. The number of ether oxygens (including phenoxy) is 1. The van der Waals surface area contributed by atoms with Crippen molar-refractivity contribution in [3.8, 4) is 5.75 Å². The monoisotopic (exact) mass is 378 g/mol. The maximum absolute atomic E-state index is 9.97. The van der Waals surface area contributed by atoms with Crippen molar-refractivity contribution in [2.45, 2.75) is 32.3 Å². The summed E-state index contributed by atoms with van der Waals surface area (Å²) < 4.78 is 6.67. The molecule has 1 unspecified atom stereocenters. The first-order chi connectivity index (χ1) is 11.0. The van der Waals surface area contributed by atoms with Crippen LogP contribution in [0.25, 0.3) is 6.08 Å². The number of phenols is 1. The van der Waals surface area contributed by atoms with Crippen LogP contribution in [-0.2, 0) is 4.74 Å². The smallest absolute Gasteiger partial charge is 0.122 e. The van der Waals surface area contributed by atoms with E-state index >= 15 is 0 Å². The largest absolute Gasteiger partial charge is 0.507 e. The standard InChI is InChI=1S/C19H23BrO3/c1-3-14(10-15-11-16(20)5-6-18(15)22)4-7-19-17(8-9-23-19)13(2)12-21/h5-6,8,10-11,19,21-22H,2-4,7,9,12H2,1H3/b14-10+. The highest BCUT2D eigenvalue weighted by molar-refractivity contribution is 9.10. The molecule has 0 saturated carbocycles. The van der Waals surface area contributed by atoms with Crippen LogP contribution < -0.4 is 0 Å². The second kappa shape index (κ2) is 8.48. The maximum atomic E-state index is 9.97. The Bertz CT molecular complexity index is 632. The van der Waals surface area contributed by atoms with Gasteiger partial charge in [0, 0.05) is 10.0 Å². The van der Waals surface area contributed by atoms with Gasteiger partial charge in [0.15, 0.2) is 0 Å². The van der Waals surface area contributed by atoms with Crippen LogP contribution >= 0.6 is 15.9 Å². The second-order valence-corrected chi connectivity index (χ2v) is 6.56.